The summed E-state index contributed by atoms with van der Waals surface area (Å²) in [4.78, 5) is 12.1. The molecule has 0 saturated carbocycles. The number of amides is 1. The van der Waals surface area contributed by atoms with Gasteiger partial charge in [-0.2, -0.15) is 5.10 Å². The quantitative estimate of drug-likeness (QED) is 0.239. The van der Waals surface area contributed by atoms with Gasteiger partial charge in [0.15, 0.2) is 18.1 Å². The Hall–Kier alpha value is -3.03. The first-order valence-corrected chi connectivity index (χ1v) is 12.1. The summed E-state index contributed by atoms with van der Waals surface area (Å²) in [7, 11) is 1.56. The van der Waals surface area contributed by atoms with Crippen LogP contribution in [-0.4, -0.2) is 25.8 Å². The highest BCUT2D eigenvalue weighted by molar-refractivity contribution is 9.10. The minimum Gasteiger partial charge on any atom is -0.493 e. The molecule has 35 heavy (non-hydrogen) atoms. The van der Waals surface area contributed by atoms with E-state index in [-0.39, 0.29) is 17.9 Å². The van der Waals surface area contributed by atoms with Crippen LogP contribution < -0.4 is 19.6 Å². The van der Waals surface area contributed by atoms with E-state index in [4.69, 9.17) is 25.8 Å². The van der Waals surface area contributed by atoms with Gasteiger partial charge in [-0.25, -0.2) is 5.43 Å². The van der Waals surface area contributed by atoms with E-state index in [1.54, 1.807) is 19.2 Å². The van der Waals surface area contributed by atoms with Crippen molar-refractivity contribution in [3.63, 3.8) is 0 Å². The predicted molar refractivity (Wildman–Crippen MR) is 143 cm³/mol. The maximum absolute atomic E-state index is 12.1. The Kier molecular flexibility index (Phi) is 9.18. The zero-order valence-corrected chi connectivity index (χ0v) is 22.4. The average molecular weight is 560 g/mol. The van der Waals surface area contributed by atoms with Gasteiger partial charge in [0.05, 0.1) is 17.8 Å². The van der Waals surface area contributed by atoms with Crippen LogP contribution in [0.4, 0.5) is 0 Å². The lowest BCUT2D eigenvalue weighted by Crippen LogP contribution is -2.24. The van der Waals surface area contributed by atoms with E-state index in [2.05, 4.69) is 47.2 Å². The van der Waals surface area contributed by atoms with Crippen LogP contribution in [0.5, 0.6) is 17.2 Å². The molecule has 6 nitrogen and oxygen atoms in total. The molecule has 184 valence electrons. The first-order valence-electron chi connectivity index (χ1n) is 11.0. The molecule has 0 aliphatic rings. The monoisotopic (exact) mass is 558 g/mol. The third kappa shape index (κ3) is 7.73. The number of methoxy groups -OCH3 is 1. The van der Waals surface area contributed by atoms with Crippen molar-refractivity contribution < 1.29 is 19.0 Å². The molecule has 0 aromatic heterocycles. The lowest BCUT2D eigenvalue weighted by atomic mass is 9.87. The third-order valence-electron chi connectivity index (χ3n) is 5.09. The van der Waals surface area contributed by atoms with E-state index in [0.29, 0.717) is 28.9 Å². The summed E-state index contributed by atoms with van der Waals surface area (Å²) in [6.45, 7) is 6.56. The van der Waals surface area contributed by atoms with Crippen molar-refractivity contribution in [2.24, 2.45) is 5.10 Å². The van der Waals surface area contributed by atoms with Crippen molar-refractivity contribution in [1.82, 2.24) is 5.43 Å². The van der Waals surface area contributed by atoms with Crippen LogP contribution in [0.3, 0.4) is 0 Å². The number of halogens is 2. The first-order chi connectivity index (χ1) is 16.7. The zero-order valence-electron chi connectivity index (χ0n) is 20.1. The molecule has 0 bridgehead atoms. The Morgan fingerprint density at radius 2 is 1.77 bits per heavy atom. The Morgan fingerprint density at radius 3 is 2.46 bits per heavy atom. The van der Waals surface area contributed by atoms with Crippen LogP contribution in [0.25, 0.3) is 0 Å². The summed E-state index contributed by atoms with van der Waals surface area (Å²) < 4.78 is 17.7. The molecule has 8 heteroatoms. The van der Waals surface area contributed by atoms with Crippen LogP contribution in [0.15, 0.2) is 70.2 Å². The lowest BCUT2D eigenvalue weighted by molar-refractivity contribution is -0.123. The van der Waals surface area contributed by atoms with Crippen molar-refractivity contribution in [3.8, 4) is 17.2 Å². The van der Waals surface area contributed by atoms with Crippen LogP contribution in [0, 0.1) is 0 Å². The van der Waals surface area contributed by atoms with Gasteiger partial charge < -0.3 is 14.2 Å². The van der Waals surface area contributed by atoms with E-state index < -0.39 is 0 Å². The number of nitrogens with one attached hydrogen (secondary N) is 1. The van der Waals surface area contributed by atoms with Crippen molar-refractivity contribution in [3.05, 3.63) is 86.8 Å². The van der Waals surface area contributed by atoms with Crippen molar-refractivity contribution in [2.45, 2.75) is 32.8 Å². The van der Waals surface area contributed by atoms with E-state index in [9.17, 15) is 4.79 Å². The molecule has 3 rings (SSSR count). The number of nitrogens with zero attached hydrogens (tertiary/aromatic N) is 1. The van der Waals surface area contributed by atoms with Gasteiger partial charge in [-0.05, 0) is 68.9 Å². The summed E-state index contributed by atoms with van der Waals surface area (Å²) in [5.74, 6) is 1.33. The molecule has 0 heterocycles. The standard InChI is InChI=1S/C27H28BrClN2O4/c1-27(2,3)20-10-12-23(21(28)14-20)35-17-26(32)31-30-15-18-9-11-24(25(13-18)33-4)34-16-19-7-5-6-8-22(19)29/h5-15H,16-17H2,1-4H3,(H,31,32)/b30-15+. The van der Waals surface area contributed by atoms with Gasteiger partial charge in [0.1, 0.15) is 12.4 Å². The molecule has 3 aromatic carbocycles. The largest absolute Gasteiger partial charge is 0.493 e. The Bertz CT molecular complexity index is 1210. The highest BCUT2D eigenvalue weighted by atomic mass is 79.9. The highest BCUT2D eigenvalue weighted by Crippen LogP contribution is 2.31. The first kappa shape index (κ1) is 26.6. The molecule has 0 saturated heterocycles. The smallest absolute Gasteiger partial charge is 0.277 e. The van der Waals surface area contributed by atoms with Gasteiger partial charge in [0.25, 0.3) is 5.91 Å². The van der Waals surface area contributed by atoms with Gasteiger partial charge in [-0.1, -0.05) is 56.6 Å². The second-order valence-electron chi connectivity index (χ2n) is 8.77. The molecule has 0 radical (unpaired) electrons. The molecule has 0 spiro atoms. The predicted octanol–water partition coefficient (Wildman–Crippen LogP) is 6.52. The number of carbonyl (C=O) groups is 1. The number of carbonyl (C=O) groups excluding carboxylic acids is 1. The minimum absolute atomic E-state index is 0.0236. The number of rotatable bonds is 9. The molecule has 0 aliphatic heterocycles. The van der Waals surface area contributed by atoms with E-state index in [0.717, 1.165) is 15.6 Å². The van der Waals surface area contributed by atoms with E-state index in [1.807, 2.05) is 48.5 Å². The fourth-order valence-corrected chi connectivity index (χ4v) is 3.78. The van der Waals surface area contributed by atoms with Crippen LogP contribution >= 0.6 is 27.5 Å². The second-order valence-corrected chi connectivity index (χ2v) is 10.0. The number of hydrogen-bond acceptors (Lipinski definition) is 5. The Balaban J connectivity index is 1.53. The molecule has 0 fully saturated rings. The molecule has 0 aliphatic carbocycles. The fraction of sp³-hybridized carbons (Fsp3) is 0.259. The van der Waals surface area contributed by atoms with Gasteiger partial charge >= 0.3 is 0 Å². The maximum Gasteiger partial charge on any atom is 0.277 e. The maximum atomic E-state index is 12.1. The third-order valence-corrected chi connectivity index (χ3v) is 6.08. The normalized spacial score (nSPS) is 11.4. The summed E-state index contributed by atoms with van der Waals surface area (Å²) in [5.41, 5.74) is 5.27. The number of hydrogen-bond donors (Lipinski definition) is 1. The molecule has 0 atom stereocenters. The average Bonchev–Trinajstić information content (AvgIpc) is 2.82. The molecule has 0 unspecified atom stereocenters. The highest BCUT2D eigenvalue weighted by Gasteiger charge is 2.15. The van der Waals surface area contributed by atoms with Crippen molar-refractivity contribution >= 4 is 39.7 Å². The number of benzene rings is 3. The summed E-state index contributed by atoms with van der Waals surface area (Å²) in [6.07, 6.45) is 1.52. The fourth-order valence-electron chi connectivity index (χ4n) is 3.09. The van der Waals surface area contributed by atoms with Gasteiger partial charge in [-0.3, -0.25) is 4.79 Å². The van der Waals surface area contributed by atoms with Crippen LogP contribution in [0.2, 0.25) is 5.02 Å². The zero-order chi connectivity index (χ0) is 25.4. The summed E-state index contributed by atoms with van der Waals surface area (Å²) in [5, 5.41) is 4.65. The molecule has 3 aromatic rings. The summed E-state index contributed by atoms with van der Waals surface area (Å²) in [6, 6.07) is 18.7. The van der Waals surface area contributed by atoms with E-state index >= 15 is 0 Å². The van der Waals surface area contributed by atoms with Crippen LogP contribution in [0.1, 0.15) is 37.5 Å². The Morgan fingerprint density at radius 1 is 1.03 bits per heavy atom. The molecular formula is C27H28BrClN2O4. The van der Waals surface area contributed by atoms with Gasteiger partial charge in [-0.15, -0.1) is 0 Å². The van der Waals surface area contributed by atoms with E-state index in [1.165, 1.54) is 11.8 Å². The van der Waals surface area contributed by atoms with Crippen molar-refractivity contribution in [2.75, 3.05) is 13.7 Å². The molecule has 1 N–H and O–H groups in total. The Labute approximate surface area is 219 Å². The lowest BCUT2D eigenvalue weighted by Gasteiger charge is -2.20. The minimum atomic E-state index is -0.375. The number of hydrazone groups is 1. The van der Waals surface area contributed by atoms with Gasteiger partial charge in [0, 0.05) is 10.6 Å². The number of ether oxygens (including phenoxy) is 3. The molecular weight excluding hydrogens is 532 g/mol. The topological polar surface area (TPSA) is 69.2 Å². The second kappa shape index (κ2) is 12.1. The SMILES string of the molecule is COc1cc(/C=N/NC(=O)COc2ccc(C(C)(C)C)cc2Br)ccc1OCc1ccccc1Cl. The van der Waals surface area contributed by atoms with Crippen LogP contribution in [-0.2, 0) is 16.8 Å². The molecule has 1 amide bonds. The summed E-state index contributed by atoms with van der Waals surface area (Å²) >= 11 is 9.69. The van der Waals surface area contributed by atoms with Gasteiger partial charge in [0.2, 0.25) is 0 Å². The van der Waals surface area contributed by atoms with Crippen molar-refractivity contribution in [1.29, 1.82) is 0 Å².